The lowest BCUT2D eigenvalue weighted by atomic mass is 9.58. The van der Waals surface area contributed by atoms with Crippen molar-refractivity contribution in [3.63, 3.8) is 0 Å². The van der Waals surface area contributed by atoms with Crippen molar-refractivity contribution in [2.24, 2.45) is 23.2 Å². The number of benzene rings is 1. The molecular formula is C22H32O. The summed E-state index contributed by atoms with van der Waals surface area (Å²) in [5.74, 6) is 2.98. The van der Waals surface area contributed by atoms with Gasteiger partial charge >= 0.3 is 0 Å². The van der Waals surface area contributed by atoms with Gasteiger partial charge in [-0.3, -0.25) is 0 Å². The molecule has 1 aromatic carbocycles. The molecule has 0 heterocycles. The van der Waals surface area contributed by atoms with Gasteiger partial charge in [-0.05, 0) is 84.1 Å². The minimum absolute atomic E-state index is 0.417. The standard InChI is InChI=1S/C20H26O.C2H6/c1-3-14-5-9-19-18-7-4-13-12-15(21)6-8-16(13)17(18)10-11-20(14,19)2;1-2/h6,8,10,12,14,18-19,21H,3-5,7,9,11H2,1-2H3;1-2H3. The molecule has 3 aliphatic rings. The first-order valence-corrected chi connectivity index (χ1v) is 9.66. The molecule has 0 amide bonds. The Morgan fingerprint density at radius 1 is 1.17 bits per heavy atom. The molecule has 4 rings (SSSR count). The Morgan fingerprint density at radius 2 is 1.96 bits per heavy atom. The zero-order valence-corrected chi connectivity index (χ0v) is 15.2. The van der Waals surface area contributed by atoms with Gasteiger partial charge in [0, 0.05) is 0 Å². The molecule has 1 nitrogen and oxygen atoms in total. The van der Waals surface area contributed by atoms with Gasteiger partial charge in [0.05, 0.1) is 0 Å². The van der Waals surface area contributed by atoms with Crippen molar-refractivity contribution in [1.82, 2.24) is 0 Å². The van der Waals surface area contributed by atoms with Crippen molar-refractivity contribution in [1.29, 1.82) is 0 Å². The molecule has 0 aliphatic heterocycles. The number of aryl methyl sites for hydroxylation is 1. The molecule has 4 atom stereocenters. The van der Waals surface area contributed by atoms with Crippen molar-refractivity contribution in [3.8, 4) is 5.75 Å². The first-order valence-electron chi connectivity index (χ1n) is 9.66. The molecule has 3 aliphatic carbocycles. The van der Waals surface area contributed by atoms with E-state index in [4.69, 9.17) is 0 Å². The second-order valence-electron chi connectivity index (χ2n) is 7.65. The van der Waals surface area contributed by atoms with Gasteiger partial charge in [-0.2, -0.15) is 0 Å². The highest BCUT2D eigenvalue weighted by molar-refractivity contribution is 5.73. The summed E-state index contributed by atoms with van der Waals surface area (Å²) in [6.45, 7) is 8.93. The third kappa shape index (κ3) is 2.53. The van der Waals surface area contributed by atoms with E-state index in [9.17, 15) is 5.11 Å². The lowest BCUT2D eigenvalue weighted by Crippen LogP contribution is -2.37. The zero-order valence-electron chi connectivity index (χ0n) is 15.2. The molecule has 1 heteroatoms. The van der Waals surface area contributed by atoms with Crippen LogP contribution in [0, 0.1) is 23.2 Å². The van der Waals surface area contributed by atoms with E-state index >= 15 is 0 Å². The summed E-state index contributed by atoms with van der Waals surface area (Å²) in [7, 11) is 0. The van der Waals surface area contributed by atoms with Gasteiger partial charge in [0.25, 0.3) is 0 Å². The molecule has 1 saturated carbocycles. The number of hydrogen-bond donors (Lipinski definition) is 1. The van der Waals surface area contributed by atoms with E-state index in [0.717, 1.165) is 24.2 Å². The van der Waals surface area contributed by atoms with Crippen LogP contribution in [0.4, 0.5) is 0 Å². The van der Waals surface area contributed by atoms with Crippen LogP contribution in [0.5, 0.6) is 5.75 Å². The average Bonchev–Trinajstić information content (AvgIpc) is 2.92. The van der Waals surface area contributed by atoms with E-state index in [1.165, 1.54) is 43.2 Å². The Kier molecular flexibility index (Phi) is 4.58. The maximum absolute atomic E-state index is 9.72. The van der Waals surface area contributed by atoms with Crippen LogP contribution in [0.1, 0.15) is 70.9 Å². The highest BCUT2D eigenvalue weighted by atomic mass is 16.3. The molecule has 1 N–H and O–H groups in total. The van der Waals surface area contributed by atoms with Crippen LogP contribution in [0.3, 0.4) is 0 Å². The van der Waals surface area contributed by atoms with Crippen molar-refractivity contribution >= 4 is 5.57 Å². The number of allylic oxidation sites excluding steroid dienone is 2. The Balaban J connectivity index is 0.000000753. The fraction of sp³-hybridized carbons (Fsp3) is 0.636. The largest absolute Gasteiger partial charge is 0.508 e. The average molecular weight is 312 g/mol. The number of rotatable bonds is 1. The molecular weight excluding hydrogens is 280 g/mol. The smallest absolute Gasteiger partial charge is 0.115 e. The van der Waals surface area contributed by atoms with E-state index in [0.29, 0.717) is 11.2 Å². The maximum Gasteiger partial charge on any atom is 0.115 e. The summed E-state index contributed by atoms with van der Waals surface area (Å²) in [6.07, 6.45) is 10.4. The summed E-state index contributed by atoms with van der Waals surface area (Å²) >= 11 is 0. The summed E-state index contributed by atoms with van der Waals surface area (Å²) in [5.41, 5.74) is 4.91. The summed E-state index contributed by atoms with van der Waals surface area (Å²) in [4.78, 5) is 0. The SMILES string of the molecule is CC.CCC1CCC2C3CCc4cc(O)ccc4C3=CCC12C. The van der Waals surface area contributed by atoms with E-state index in [1.807, 2.05) is 26.0 Å². The van der Waals surface area contributed by atoms with Crippen LogP contribution >= 0.6 is 0 Å². The lowest BCUT2D eigenvalue weighted by molar-refractivity contribution is 0.114. The molecule has 23 heavy (non-hydrogen) atoms. The highest BCUT2D eigenvalue weighted by Crippen LogP contribution is 2.61. The predicted octanol–water partition coefficient (Wildman–Crippen LogP) is 6.21. The fourth-order valence-electron chi connectivity index (χ4n) is 5.74. The van der Waals surface area contributed by atoms with Crippen molar-refractivity contribution in [2.45, 2.75) is 66.2 Å². The number of aromatic hydroxyl groups is 1. The van der Waals surface area contributed by atoms with Crippen LogP contribution in [-0.4, -0.2) is 5.11 Å². The van der Waals surface area contributed by atoms with E-state index in [2.05, 4.69) is 26.0 Å². The Bertz CT molecular complexity index is 600. The van der Waals surface area contributed by atoms with E-state index in [1.54, 1.807) is 5.57 Å². The quantitative estimate of drug-likeness (QED) is 0.653. The highest BCUT2D eigenvalue weighted by Gasteiger charge is 2.51. The van der Waals surface area contributed by atoms with Gasteiger partial charge in [0.15, 0.2) is 0 Å². The van der Waals surface area contributed by atoms with Crippen LogP contribution in [0.2, 0.25) is 0 Å². The Hall–Kier alpha value is -1.24. The van der Waals surface area contributed by atoms with Crippen LogP contribution in [0.25, 0.3) is 5.57 Å². The Morgan fingerprint density at radius 3 is 2.70 bits per heavy atom. The topological polar surface area (TPSA) is 20.2 Å². The molecule has 0 spiro atoms. The third-order valence-electron chi connectivity index (χ3n) is 6.87. The number of hydrogen-bond acceptors (Lipinski definition) is 1. The number of phenols is 1. The molecule has 1 fully saturated rings. The zero-order chi connectivity index (χ0) is 16.6. The van der Waals surface area contributed by atoms with Gasteiger partial charge in [-0.15, -0.1) is 0 Å². The molecule has 0 aromatic heterocycles. The minimum atomic E-state index is 0.417. The van der Waals surface area contributed by atoms with Crippen LogP contribution in [0.15, 0.2) is 24.3 Å². The minimum Gasteiger partial charge on any atom is -0.508 e. The van der Waals surface area contributed by atoms with E-state index < -0.39 is 0 Å². The normalized spacial score (nSPS) is 34.4. The molecule has 126 valence electrons. The second kappa shape index (κ2) is 6.34. The first kappa shape index (κ1) is 16.6. The monoisotopic (exact) mass is 312 g/mol. The fourth-order valence-corrected chi connectivity index (χ4v) is 5.74. The molecule has 0 radical (unpaired) electrons. The Labute approximate surface area is 141 Å². The summed E-state index contributed by atoms with van der Waals surface area (Å²) < 4.78 is 0. The van der Waals surface area contributed by atoms with Gasteiger partial charge in [0.2, 0.25) is 0 Å². The third-order valence-corrected chi connectivity index (χ3v) is 6.87. The lowest BCUT2D eigenvalue weighted by Gasteiger charge is -2.46. The van der Waals surface area contributed by atoms with Gasteiger partial charge in [0.1, 0.15) is 5.75 Å². The number of fused-ring (bicyclic) bond motifs is 5. The van der Waals surface area contributed by atoms with Gasteiger partial charge in [-0.25, -0.2) is 0 Å². The van der Waals surface area contributed by atoms with Crippen molar-refractivity contribution in [2.75, 3.05) is 0 Å². The molecule has 4 unspecified atom stereocenters. The van der Waals surface area contributed by atoms with Crippen LogP contribution in [-0.2, 0) is 6.42 Å². The van der Waals surface area contributed by atoms with Crippen molar-refractivity contribution < 1.29 is 5.11 Å². The van der Waals surface area contributed by atoms with Crippen LogP contribution < -0.4 is 0 Å². The van der Waals surface area contributed by atoms with Crippen molar-refractivity contribution in [3.05, 3.63) is 35.4 Å². The second-order valence-corrected chi connectivity index (χ2v) is 7.65. The molecule has 1 aromatic rings. The molecule has 0 saturated heterocycles. The summed E-state index contributed by atoms with van der Waals surface area (Å²) in [6, 6.07) is 5.99. The summed E-state index contributed by atoms with van der Waals surface area (Å²) in [5, 5.41) is 9.72. The van der Waals surface area contributed by atoms with Gasteiger partial charge < -0.3 is 5.11 Å². The molecule has 0 bridgehead atoms. The predicted molar refractivity (Wildman–Crippen MR) is 98.5 cm³/mol. The van der Waals surface area contributed by atoms with E-state index in [-0.39, 0.29) is 0 Å². The maximum atomic E-state index is 9.72. The van der Waals surface area contributed by atoms with Gasteiger partial charge in [-0.1, -0.05) is 46.3 Å². The first-order chi connectivity index (χ1) is 11.1. The number of phenolic OH excluding ortho intramolecular Hbond substituents is 1.